The van der Waals surface area contributed by atoms with E-state index in [9.17, 15) is 9.59 Å². The number of benzene rings is 2. The number of methoxy groups -OCH3 is 1. The van der Waals surface area contributed by atoms with Crippen LogP contribution in [0.15, 0.2) is 40.9 Å². The summed E-state index contributed by atoms with van der Waals surface area (Å²) in [5.41, 5.74) is 6.59. The van der Waals surface area contributed by atoms with Crippen molar-refractivity contribution in [2.24, 2.45) is 0 Å². The molecule has 0 heterocycles. The van der Waals surface area contributed by atoms with E-state index in [1.165, 1.54) is 7.11 Å². The molecule has 0 unspecified atom stereocenters. The van der Waals surface area contributed by atoms with Crippen molar-refractivity contribution >= 4 is 27.7 Å². The van der Waals surface area contributed by atoms with E-state index < -0.39 is 11.8 Å². The summed E-state index contributed by atoms with van der Waals surface area (Å²) in [5, 5.41) is 0. The average molecular weight is 407 g/mol. The zero-order valence-electron chi connectivity index (χ0n) is 14.2. The normalized spacial score (nSPS) is 10.1. The van der Waals surface area contributed by atoms with Crippen molar-refractivity contribution < 1.29 is 19.1 Å². The number of hydrogen-bond acceptors (Lipinski definition) is 4. The summed E-state index contributed by atoms with van der Waals surface area (Å²) in [6.45, 7) is 4.25. The Hall–Kier alpha value is -2.54. The van der Waals surface area contributed by atoms with Crippen molar-refractivity contribution in [3.8, 4) is 11.5 Å². The fourth-order valence-electron chi connectivity index (χ4n) is 2.10. The van der Waals surface area contributed by atoms with Crippen LogP contribution in [0.5, 0.6) is 11.5 Å². The Bertz CT molecular complexity index is 775. The third-order valence-corrected chi connectivity index (χ3v) is 3.97. The Morgan fingerprint density at radius 2 is 1.64 bits per heavy atom. The van der Waals surface area contributed by atoms with Crippen LogP contribution in [0.2, 0.25) is 0 Å². The molecule has 0 saturated carbocycles. The number of rotatable bonds is 5. The largest absolute Gasteiger partial charge is 0.493 e. The van der Waals surface area contributed by atoms with E-state index >= 15 is 0 Å². The third kappa shape index (κ3) is 4.73. The van der Waals surface area contributed by atoms with Crippen LogP contribution in [-0.4, -0.2) is 25.5 Å². The van der Waals surface area contributed by atoms with Gasteiger partial charge in [-0.15, -0.1) is 0 Å². The summed E-state index contributed by atoms with van der Waals surface area (Å²) >= 11 is 3.36. The van der Waals surface area contributed by atoms with Gasteiger partial charge in [0, 0.05) is 11.1 Å². The van der Waals surface area contributed by atoms with E-state index in [0.717, 1.165) is 5.56 Å². The van der Waals surface area contributed by atoms with E-state index in [2.05, 4.69) is 26.8 Å². The number of carbonyl (C=O) groups is 2. The highest BCUT2D eigenvalue weighted by Gasteiger charge is 2.16. The SMILES string of the molecule is CCOc1c(Br)cc(C(=O)NNC(=O)c2ccc(C)cc2)cc1OC. The molecule has 0 spiro atoms. The zero-order chi connectivity index (χ0) is 18.4. The molecular formula is C18H19BrN2O4. The maximum absolute atomic E-state index is 12.3. The van der Waals surface area contributed by atoms with Crippen LogP contribution in [0.3, 0.4) is 0 Å². The van der Waals surface area contributed by atoms with Crippen LogP contribution in [0.4, 0.5) is 0 Å². The van der Waals surface area contributed by atoms with Crippen molar-refractivity contribution in [3.63, 3.8) is 0 Å². The summed E-state index contributed by atoms with van der Waals surface area (Å²) in [7, 11) is 1.49. The van der Waals surface area contributed by atoms with Crippen molar-refractivity contribution in [1.29, 1.82) is 0 Å². The monoisotopic (exact) mass is 406 g/mol. The molecule has 2 aromatic carbocycles. The van der Waals surface area contributed by atoms with Crippen LogP contribution in [-0.2, 0) is 0 Å². The van der Waals surface area contributed by atoms with Crippen LogP contribution in [0.25, 0.3) is 0 Å². The van der Waals surface area contributed by atoms with Gasteiger partial charge in [-0.25, -0.2) is 0 Å². The smallest absolute Gasteiger partial charge is 0.269 e. The van der Waals surface area contributed by atoms with Gasteiger partial charge in [-0.1, -0.05) is 17.7 Å². The molecule has 0 aliphatic carbocycles. The van der Waals surface area contributed by atoms with Gasteiger partial charge in [0.25, 0.3) is 11.8 Å². The Labute approximate surface area is 154 Å². The first kappa shape index (κ1) is 18.8. The highest BCUT2D eigenvalue weighted by atomic mass is 79.9. The molecule has 2 rings (SSSR count). The van der Waals surface area contributed by atoms with E-state index in [-0.39, 0.29) is 0 Å². The number of hydrogen-bond donors (Lipinski definition) is 2. The second-order valence-corrected chi connectivity index (χ2v) is 6.05. The molecule has 0 atom stereocenters. The van der Waals surface area contributed by atoms with Gasteiger partial charge in [-0.05, 0) is 54.0 Å². The number of halogens is 1. The predicted octanol–water partition coefficient (Wildman–Crippen LogP) is 3.24. The Kier molecular flexibility index (Phi) is 6.41. The lowest BCUT2D eigenvalue weighted by atomic mass is 10.1. The lowest BCUT2D eigenvalue weighted by Gasteiger charge is -2.13. The van der Waals surface area contributed by atoms with E-state index in [1.807, 2.05) is 26.0 Å². The number of amides is 2. The van der Waals surface area contributed by atoms with E-state index in [1.54, 1.807) is 24.3 Å². The lowest BCUT2D eigenvalue weighted by molar-refractivity contribution is 0.0846. The number of carbonyl (C=O) groups excluding carboxylic acids is 2. The van der Waals surface area contributed by atoms with Crippen LogP contribution in [0, 0.1) is 6.92 Å². The first-order valence-corrected chi connectivity index (χ1v) is 8.43. The fourth-order valence-corrected chi connectivity index (χ4v) is 2.65. The molecule has 0 radical (unpaired) electrons. The van der Waals surface area contributed by atoms with Gasteiger partial charge in [-0.2, -0.15) is 0 Å². The minimum absolute atomic E-state index is 0.316. The van der Waals surface area contributed by atoms with Crippen LogP contribution in [0.1, 0.15) is 33.2 Å². The minimum Gasteiger partial charge on any atom is -0.493 e. The van der Waals surface area contributed by atoms with Gasteiger partial charge in [0.2, 0.25) is 0 Å². The van der Waals surface area contributed by atoms with Gasteiger partial charge < -0.3 is 9.47 Å². The third-order valence-electron chi connectivity index (χ3n) is 3.38. The van der Waals surface area contributed by atoms with Crippen molar-refractivity contribution in [2.45, 2.75) is 13.8 Å². The van der Waals surface area contributed by atoms with Crippen molar-refractivity contribution in [2.75, 3.05) is 13.7 Å². The van der Waals surface area contributed by atoms with Crippen LogP contribution >= 0.6 is 15.9 Å². The van der Waals surface area contributed by atoms with Gasteiger partial charge in [-0.3, -0.25) is 20.4 Å². The summed E-state index contributed by atoms with van der Waals surface area (Å²) in [6.07, 6.45) is 0. The van der Waals surface area contributed by atoms with Gasteiger partial charge in [0.15, 0.2) is 11.5 Å². The van der Waals surface area contributed by atoms with Crippen molar-refractivity contribution in [1.82, 2.24) is 10.9 Å². The lowest BCUT2D eigenvalue weighted by Crippen LogP contribution is -2.41. The molecule has 0 aliphatic rings. The summed E-state index contributed by atoms with van der Waals surface area (Å²) in [6, 6.07) is 10.2. The number of ether oxygens (including phenoxy) is 2. The highest BCUT2D eigenvalue weighted by Crippen LogP contribution is 2.36. The second-order valence-electron chi connectivity index (χ2n) is 5.20. The first-order chi connectivity index (χ1) is 12.0. The summed E-state index contributed by atoms with van der Waals surface area (Å²) in [4.78, 5) is 24.3. The standard InChI is InChI=1S/C18H19BrN2O4/c1-4-25-16-14(19)9-13(10-15(16)24-3)18(23)21-20-17(22)12-7-5-11(2)6-8-12/h5-10H,4H2,1-3H3,(H,20,22)(H,21,23). The second kappa shape index (κ2) is 8.53. The predicted molar refractivity (Wildman–Crippen MR) is 98.0 cm³/mol. The molecule has 2 N–H and O–H groups in total. The Balaban J connectivity index is 2.09. The summed E-state index contributed by atoms with van der Waals surface area (Å²) in [5.74, 6) is 0.0734. The minimum atomic E-state index is -0.470. The highest BCUT2D eigenvalue weighted by molar-refractivity contribution is 9.10. The summed E-state index contributed by atoms with van der Waals surface area (Å²) < 4.78 is 11.3. The molecule has 0 aromatic heterocycles. The van der Waals surface area contributed by atoms with Crippen LogP contribution < -0.4 is 20.3 Å². The number of nitrogens with one attached hydrogen (secondary N) is 2. The molecule has 0 saturated heterocycles. The van der Waals surface area contributed by atoms with E-state index in [0.29, 0.717) is 33.7 Å². The maximum Gasteiger partial charge on any atom is 0.269 e. The number of aryl methyl sites for hydroxylation is 1. The fraction of sp³-hybridized carbons (Fsp3) is 0.222. The molecule has 0 aliphatic heterocycles. The Morgan fingerprint density at radius 1 is 1.04 bits per heavy atom. The molecular weight excluding hydrogens is 388 g/mol. The molecule has 25 heavy (non-hydrogen) atoms. The Morgan fingerprint density at radius 3 is 2.20 bits per heavy atom. The average Bonchev–Trinajstić information content (AvgIpc) is 2.61. The molecule has 132 valence electrons. The first-order valence-electron chi connectivity index (χ1n) is 7.64. The quantitative estimate of drug-likeness (QED) is 0.747. The van der Waals surface area contributed by atoms with E-state index in [4.69, 9.17) is 9.47 Å². The molecule has 0 bridgehead atoms. The zero-order valence-corrected chi connectivity index (χ0v) is 15.8. The molecule has 6 nitrogen and oxygen atoms in total. The molecule has 2 amide bonds. The van der Waals surface area contributed by atoms with Crippen molar-refractivity contribution in [3.05, 3.63) is 57.6 Å². The topological polar surface area (TPSA) is 76.7 Å². The molecule has 7 heteroatoms. The van der Waals surface area contributed by atoms with Gasteiger partial charge in [0.05, 0.1) is 18.2 Å². The van der Waals surface area contributed by atoms with Gasteiger partial charge in [0.1, 0.15) is 0 Å². The number of hydrazine groups is 1. The molecule has 0 fully saturated rings. The molecule has 2 aromatic rings. The van der Waals surface area contributed by atoms with Gasteiger partial charge >= 0.3 is 0 Å². The maximum atomic E-state index is 12.3.